The molecule has 0 heterocycles. The summed E-state index contributed by atoms with van der Waals surface area (Å²) in [6, 6.07) is 2.24. The van der Waals surface area contributed by atoms with Gasteiger partial charge < -0.3 is 5.11 Å². The van der Waals surface area contributed by atoms with Crippen LogP contribution in [-0.2, 0) is 16.2 Å². The van der Waals surface area contributed by atoms with Crippen molar-refractivity contribution in [2.45, 2.75) is 37.9 Å². The molecule has 1 aromatic carbocycles. The number of benzene rings is 1. The second-order valence-corrected chi connectivity index (χ2v) is 6.76. The lowest BCUT2D eigenvalue weighted by Gasteiger charge is -2.21. The van der Waals surface area contributed by atoms with E-state index in [0.717, 1.165) is 25.1 Å². The average molecular weight is 325 g/mol. The molecule has 0 amide bonds. The van der Waals surface area contributed by atoms with Gasteiger partial charge in [-0.05, 0) is 30.5 Å². The first-order chi connectivity index (χ1) is 9.50. The number of rotatable bonds is 5. The van der Waals surface area contributed by atoms with Crippen molar-refractivity contribution in [1.29, 1.82) is 0 Å². The molecule has 0 aliphatic rings. The standard InChI is InChI=1S/C13H18F3NO3S/c1-8(2)11(7-18)17-21(19,20)12-6-4-5-10(9(12)3)13(14,15)16/h4-6,8,11,17-18H,7H2,1-3H3/t11-/m1/s1. The van der Waals surface area contributed by atoms with Crippen molar-refractivity contribution in [3.8, 4) is 0 Å². The van der Waals surface area contributed by atoms with Crippen LogP contribution in [0.15, 0.2) is 23.1 Å². The lowest BCUT2D eigenvalue weighted by Crippen LogP contribution is -2.41. The number of hydrogen-bond donors (Lipinski definition) is 2. The number of aliphatic hydroxyl groups is 1. The van der Waals surface area contributed by atoms with Crippen LogP contribution in [-0.4, -0.2) is 26.2 Å². The molecule has 0 spiro atoms. The zero-order valence-corrected chi connectivity index (χ0v) is 12.7. The van der Waals surface area contributed by atoms with E-state index in [0.29, 0.717) is 0 Å². The van der Waals surface area contributed by atoms with Crippen LogP contribution in [0.4, 0.5) is 13.2 Å². The molecule has 0 saturated carbocycles. The van der Waals surface area contributed by atoms with Gasteiger partial charge in [-0.2, -0.15) is 13.2 Å². The first-order valence-corrected chi connectivity index (χ1v) is 7.79. The van der Waals surface area contributed by atoms with Crippen molar-refractivity contribution in [2.75, 3.05) is 6.61 Å². The van der Waals surface area contributed by atoms with Crippen molar-refractivity contribution in [1.82, 2.24) is 4.72 Å². The lowest BCUT2D eigenvalue weighted by atomic mass is 10.1. The zero-order chi connectivity index (χ0) is 16.4. The molecule has 1 rings (SSSR count). The summed E-state index contributed by atoms with van der Waals surface area (Å²) < 4.78 is 65.1. The molecule has 0 saturated heterocycles. The molecule has 1 atom stereocenters. The highest BCUT2D eigenvalue weighted by Crippen LogP contribution is 2.34. The molecule has 0 aliphatic carbocycles. The molecule has 0 bridgehead atoms. The fourth-order valence-electron chi connectivity index (χ4n) is 1.86. The predicted molar refractivity (Wildman–Crippen MR) is 72.2 cm³/mol. The third-order valence-electron chi connectivity index (χ3n) is 3.19. The molecule has 2 N–H and O–H groups in total. The Labute approximate surface area is 122 Å². The normalized spacial score (nSPS) is 14.5. The van der Waals surface area contributed by atoms with Crippen molar-refractivity contribution in [3.05, 3.63) is 29.3 Å². The second-order valence-electron chi connectivity index (χ2n) is 5.08. The number of nitrogens with one attached hydrogen (secondary N) is 1. The molecule has 0 aliphatic heterocycles. The van der Waals surface area contributed by atoms with Gasteiger partial charge in [0.1, 0.15) is 0 Å². The maximum absolute atomic E-state index is 12.8. The van der Waals surface area contributed by atoms with E-state index in [1.165, 1.54) is 0 Å². The minimum absolute atomic E-state index is 0.198. The number of hydrogen-bond acceptors (Lipinski definition) is 3. The van der Waals surface area contributed by atoms with E-state index >= 15 is 0 Å². The number of halogens is 3. The van der Waals surface area contributed by atoms with Crippen molar-refractivity contribution < 1.29 is 26.7 Å². The highest BCUT2D eigenvalue weighted by molar-refractivity contribution is 7.89. The van der Waals surface area contributed by atoms with Gasteiger partial charge in [0.05, 0.1) is 17.1 Å². The molecule has 0 unspecified atom stereocenters. The van der Waals surface area contributed by atoms with Gasteiger partial charge in [0.25, 0.3) is 0 Å². The first-order valence-electron chi connectivity index (χ1n) is 6.30. The monoisotopic (exact) mass is 325 g/mol. The average Bonchev–Trinajstić information content (AvgIpc) is 2.34. The van der Waals surface area contributed by atoms with E-state index < -0.39 is 39.3 Å². The molecular formula is C13H18F3NO3S. The Kier molecular flexibility index (Phi) is 5.40. The number of alkyl halides is 3. The summed E-state index contributed by atoms with van der Waals surface area (Å²) in [5.41, 5.74) is -1.35. The van der Waals surface area contributed by atoms with Gasteiger partial charge in [0, 0.05) is 6.04 Å². The van der Waals surface area contributed by atoms with Gasteiger partial charge in [-0.25, -0.2) is 13.1 Å². The van der Waals surface area contributed by atoms with Gasteiger partial charge >= 0.3 is 6.18 Å². The fourth-order valence-corrected chi connectivity index (χ4v) is 3.50. The summed E-state index contributed by atoms with van der Waals surface area (Å²) in [7, 11) is -4.14. The molecule has 8 heteroatoms. The Morgan fingerprint density at radius 3 is 2.29 bits per heavy atom. The van der Waals surface area contributed by atoms with Crippen LogP contribution in [0, 0.1) is 12.8 Å². The summed E-state index contributed by atoms with van der Waals surface area (Å²) in [6.07, 6.45) is -4.62. The molecule has 4 nitrogen and oxygen atoms in total. The van der Waals surface area contributed by atoms with Gasteiger partial charge in [0.2, 0.25) is 10.0 Å². The molecule has 0 fully saturated rings. The van der Waals surface area contributed by atoms with Crippen LogP contribution in [0.3, 0.4) is 0 Å². The smallest absolute Gasteiger partial charge is 0.395 e. The van der Waals surface area contributed by atoms with Crippen LogP contribution in [0.1, 0.15) is 25.0 Å². The number of aliphatic hydroxyl groups excluding tert-OH is 1. The Morgan fingerprint density at radius 1 is 1.29 bits per heavy atom. The summed E-state index contributed by atoms with van der Waals surface area (Å²) in [4.78, 5) is -0.434. The fraction of sp³-hybridized carbons (Fsp3) is 0.538. The summed E-state index contributed by atoms with van der Waals surface area (Å²) in [5, 5.41) is 9.15. The summed E-state index contributed by atoms with van der Waals surface area (Å²) in [5.74, 6) is -0.198. The lowest BCUT2D eigenvalue weighted by molar-refractivity contribution is -0.138. The molecule has 0 radical (unpaired) electrons. The van der Waals surface area contributed by atoms with Gasteiger partial charge in [-0.3, -0.25) is 0 Å². The van der Waals surface area contributed by atoms with Crippen LogP contribution in [0.5, 0.6) is 0 Å². The van der Waals surface area contributed by atoms with Crippen molar-refractivity contribution in [3.63, 3.8) is 0 Å². The quantitative estimate of drug-likeness (QED) is 0.873. The maximum Gasteiger partial charge on any atom is 0.416 e. The maximum atomic E-state index is 12.8. The zero-order valence-electron chi connectivity index (χ0n) is 11.9. The second kappa shape index (κ2) is 6.33. The first kappa shape index (κ1) is 17.9. The SMILES string of the molecule is Cc1c(C(F)(F)F)cccc1S(=O)(=O)N[C@H](CO)C(C)C. The Morgan fingerprint density at radius 2 is 1.86 bits per heavy atom. The van der Waals surface area contributed by atoms with Crippen molar-refractivity contribution >= 4 is 10.0 Å². The number of sulfonamides is 1. The topological polar surface area (TPSA) is 66.4 Å². The molecule has 1 aromatic rings. The summed E-state index contributed by atoms with van der Waals surface area (Å²) >= 11 is 0. The Balaban J connectivity index is 3.27. The third kappa shape index (κ3) is 4.18. The summed E-state index contributed by atoms with van der Waals surface area (Å²) in [6.45, 7) is 4.07. The van der Waals surface area contributed by atoms with E-state index in [9.17, 15) is 21.6 Å². The highest BCUT2D eigenvalue weighted by atomic mass is 32.2. The highest BCUT2D eigenvalue weighted by Gasteiger charge is 2.35. The van der Waals surface area contributed by atoms with Gasteiger partial charge in [-0.1, -0.05) is 19.9 Å². The van der Waals surface area contributed by atoms with Crippen molar-refractivity contribution in [2.24, 2.45) is 5.92 Å². The van der Waals surface area contributed by atoms with E-state index in [1.807, 2.05) is 0 Å². The molecular weight excluding hydrogens is 307 g/mol. The van der Waals surface area contributed by atoms with E-state index in [4.69, 9.17) is 5.11 Å². The molecule has 21 heavy (non-hydrogen) atoms. The van der Waals surface area contributed by atoms with E-state index in [-0.39, 0.29) is 11.5 Å². The molecule has 0 aromatic heterocycles. The largest absolute Gasteiger partial charge is 0.416 e. The Bertz CT molecular complexity index is 597. The van der Waals surface area contributed by atoms with Crippen LogP contribution < -0.4 is 4.72 Å². The Hall–Kier alpha value is -1.12. The van der Waals surface area contributed by atoms with Crippen LogP contribution in [0.25, 0.3) is 0 Å². The van der Waals surface area contributed by atoms with Crippen LogP contribution in [0.2, 0.25) is 0 Å². The van der Waals surface area contributed by atoms with Crippen LogP contribution >= 0.6 is 0 Å². The van der Waals surface area contributed by atoms with E-state index in [2.05, 4.69) is 4.72 Å². The third-order valence-corrected chi connectivity index (χ3v) is 4.82. The van der Waals surface area contributed by atoms with Gasteiger partial charge in [0.15, 0.2) is 0 Å². The van der Waals surface area contributed by atoms with E-state index in [1.54, 1.807) is 13.8 Å². The molecule has 120 valence electrons. The minimum atomic E-state index is -4.62. The minimum Gasteiger partial charge on any atom is -0.395 e. The predicted octanol–water partition coefficient (Wildman–Crippen LogP) is 2.31. The van der Waals surface area contributed by atoms with Gasteiger partial charge in [-0.15, -0.1) is 0 Å².